The molecule has 7 rings (SSSR count). The van der Waals surface area contributed by atoms with Crippen molar-refractivity contribution in [3.05, 3.63) is 120 Å². The highest BCUT2D eigenvalue weighted by Crippen LogP contribution is 2.27. The molecule has 0 N–H and O–H groups in total. The Balaban J connectivity index is 1.14. The summed E-state index contributed by atoms with van der Waals surface area (Å²) in [6, 6.07) is 32.9. The van der Waals surface area contributed by atoms with Gasteiger partial charge in [0.25, 0.3) is 0 Å². The fraction of sp³-hybridized carbons (Fsp3) is 0.304. The van der Waals surface area contributed by atoms with Crippen LogP contribution in [0.25, 0.3) is 57.7 Å². The molecule has 0 atom stereocenters. The summed E-state index contributed by atoms with van der Waals surface area (Å²) in [6.07, 6.45) is 8.17. The van der Waals surface area contributed by atoms with E-state index in [1.54, 1.807) is 14.2 Å². The quantitative estimate of drug-likeness (QED) is 0.0635. The van der Waals surface area contributed by atoms with Gasteiger partial charge in [-0.3, -0.25) is 0 Å². The topological polar surface area (TPSA) is 109 Å². The molecule has 3 aromatic heterocycles. The van der Waals surface area contributed by atoms with Gasteiger partial charge in [-0.15, -0.1) is 0 Å². The van der Waals surface area contributed by atoms with Gasteiger partial charge < -0.3 is 47.0 Å². The molecule has 0 unspecified atom stereocenters. The van der Waals surface area contributed by atoms with Crippen LogP contribution in [0.15, 0.2) is 97.1 Å². The van der Waals surface area contributed by atoms with Crippen molar-refractivity contribution in [3.63, 3.8) is 0 Å². The molecule has 8 bridgehead atoms. The minimum atomic E-state index is 0.421. The molecule has 12 heteroatoms. The molecule has 0 spiro atoms. The van der Waals surface area contributed by atoms with Crippen molar-refractivity contribution in [3.8, 4) is 22.9 Å². The van der Waals surface area contributed by atoms with Crippen LogP contribution >= 0.6 is 0 Å². The molecule has 2 aliphatic heterocycles. The first kappa shape index (κ1) is 40.6. The number of aromatic nitrogens is 4. The van der Waals surface area contributed by atoms with E-state index in [1.165, 1.54) is 0 Å². The lowest BCUT2D eigenvalue weighted by molar-refractivity contribution is 0.0180. The minimum Gasteiger partial charge on any atom is -0.491 e. The maximum atomic E-state index is 6.09. The van der Waals surface area contributed by atoms with Crippen LogP contribution in [0.4, 0.5) is 0 Å². The highest BCUT2D eigenvalue weighted by atomic mass is 16.6. The van der Waals surface area contributed by atoms with Crippen LogP contribution in [0.2, 0.25) is 0 Å². The largest absolute Gasteiger partial charge is 0.491 e. The zero-order valence-electron chi connectivity index (χ0n) is 33.1. The van der Waals surface area contributed by atoms with Gasteiger partial charge in [-0.05, 0) is 97.1 Å². The van der Waals surface area contributed by atoms with Gasteiger partial charge in [0, 0.05) is 59.8 Å². The molecule has 0 radical (unpaired) electrons. The molecule has 0 saturated carbocycles. The van der Waals surface area contributed by atoms with Crippen molar-refractivity contribution < 1.29 is 37.9 Å². The molecular formula is C46H50N4O8. The molecule has 58 heavy (non-hydrogen) atoms. The smallest absolute Gasteiger partial charge is 0.121 e. The van der Waals surface area contributed by atoms with Crippen LogP contribution in [0.3, 0.4) is 0 Å². The first-order valence-corrected chi connectivity index (χ1v) is 19.5. The number of hydrogen-bond donors (Lipinski definition) is 0. The summed E-state index contributed by atoms with van der Waals surface area (Å²) in [7, 11) is 3.31. The van der Waals surface area contributed by atoms with Crippen LogP contribution in [-0.4, -0.2) is 113 Å². The molecule has 0 aliphatic carbocycles. The van der Waals surface area contributed by atoms with Gasteiger partial charge in [0.2, 0.25) is 0 Å². The number of nitrogens with zero attached hydrogens (tertiary/aromatic N) is 4. The zero-order valence-corrected chi connectivity index (χ0v) is 33.1. The average Bonchev–Trinajstić information content (AvgIpc) is 4.05. The molecule has 5 aromatic rings. The second-order valence-corrected chi connectivity index (χ2v) is 13.3. The van der Waals surface area contributed by atoms with Crippen LogP contribution in [0.5, 0.6) is 11.5 Å². The number of fused-ring (bicyclic) bond motifs is 8. The first-order valence-electron chi connectivity index (χ1n) is 19.5. The Morgan fingerprint density at radius 1 is 0.379 bits per heavy atom. The van der Waals surface area contributed by atoms with Gasteiger partial charge in [0.15, 0.2) is 0 Å². The minimum absolute atomic E-state index is 0.421. The van der Waals surface area contributed by atoms with E-state index >= 15 is 0 Å². The van der Waals surface area contributed by atoms with Gasteiger partial charge in [-0.2, -0.15) is 0 Å². The third-order valence-electron chi connectivity index (χ3n) is 9.18. The number of hydrogen-bond acceptors (Lipinski definition) is 10. The Hall–Kier alpha value is -5.60. The van der Waals surface area contributed by atoms with E-state index in [0.29, 0.717) is 79.3 Å². The zero-order chi connectivity index (χ0) is 39.8. The molecule has 0 fully saturated rings. The van der Waals surface area contributed by atoms with Crippen LogP contribution in [-0.2, 0) is 28.4 Å². The van der Waals surface area contributed by atoms with E-state index in [-0.39, 0.29) is 0 Å². The van der Waals surface area contributed by atoms with Crippen molar-refractivity contribution >= 4 is 46.4 Å². The Morgan fingerprint density at radius 2 is 0.707 bits per heavy atom. The summed E-state index contributed by atoms with van der Waals surface area (Å²) in [4.78, 5) is 10.0. The lowest BCUT2D eigenvalue weighted by Crippen LogP contribution is -2.12. The van der Waals surface area contributed by atoms with Crippen LogP contribution in [0.1, 0.15) is 22.8 Å². The molecular weight excluding hydrogens is 737 g/mol. The normalized spacial score (nSPS) is 12.0. The Bertz CT molecular complexity index is 2080. The Morgan fingerprint density at radius 3 is 1.05 bits per heavy atom. The van der Waals surface area contributed by atoms with Crippen molar-refractivity contribution in [2.45, 2.75) is 0 Å². The fourth-order valence-electron chi connectivity index (χ4n) is 6.49. The predicted octanol–water partition coefficient (Wildman–Crippen LogP) is 7.70. The molecule has 2 aromatic carbocycles. The maximum absolute atomic E-state index is 6.09. The molecule has 0 amide bonds. The molecule has 5 heterocycles. The van der Waals surface area contributed by atoms with Crippen molar-refractivity contribution in [1.29, 1.82) is 0 Å². The molecule has 0 saturated heterocycles. The average molecular weight is 787 g/mol. The van der Waals surface area contributed by atoms with E-state index in [2.05, 4.69) is 69.8 Å². The second kappa shape index (κ2) is 21.2. The van der Waals surface area contributed by atoms with Gasteiger partial charge in [-0.25, -0.2) is 9.97 Å². The van der Waals surface area contributed by atoms with Crippen molar-refractivity contribution in [2.75, 3.05) is 93.5 Å². The van der Waals surface area contributed by atoms with E-state index in [4.69, 9.17) is 47.9 Å². The van der Waals surface area contributed by atoms with Crippen molar-refractivity contribution in [1.82, 2.24) is 19.1 Å². The lowest BCUT2D eigenvalue weighted by Gasteiger charge is -2.11. The standard InChI is InChI=1S/C46H50N4O8/c1-51-17-19-53-21-23-55-25-27-57-45-7-3-5-39(33-45)49-41-13-14-42(49)30-36-10-12-38(48-36)32-44-16-15-43(31-37-11-9-35(29-41)47-37)50(44)40-6-4-8-46(34-40)58-28-26-56-24-22-54-20-18-52-2/h3-16,29-34H,17-28H2,1-2H3. The maximum Gasteiger partial charge on any atom is 0.121 e. The lowest BCUT2D eigenvalue weighted by atomic mass is 10.2. The van der Waals surface area contributed by atoms with Gasteiger partial charge >= 0.3 is 0 Å². The SMILES string of the molecule is COCCOCCOCCOc1cccc(-n2c3ccc2cc2nc(cc4ccc(cc5nc(c3)C=C5)n4-c3cccc(OCCOCCOCCOC)c3)C=C2)c1. The highest BCUT2D eigenvalue weighted by molar-refractivity contribution is 5.80. The number of rotatable bonds is 22. The van der Waals surface area contributed by atoms with E-state index < -0.39 is 0 Å². The summed E-state index contributed by atoms with van der Waals surface area (Å²) >= 11 is 0. The second-order valence-electron chi connectivity index (χ2n) is 13.3. The van der Waals surface area contributed by atoms with Crippen LogP contribution in [0, 0.1) is 0 Å². The van der Waals surface area contributed by atoms with Crippen LogP contribution < -0.4 is 9.47 Å². The monoisotopic (exact) mass is 786 g/mol. The summed E-state index contributed by atoms with van der Waals surface area (Å²) in [6.45, 7) is 6.05. The summed E-state index contributed by atoms with van der Waals surface area (Å²) in [5.74, 6) is 1.50. The first-order chi connectivity index (χ1) is 28.7. The molecule has 2 aliphatic rings. The third kappa shape index (κ3) is 11.3. The van der Waals surface area contributed by atoms with E-state index in [1.807, 2.05) is 60.7 Å². The predicted molar refractivity (Wildman–Crippen MR) is 227 cm³/mol. The molecule has 302 valence electrons. The fourth-order valence-corrected chi connectivity index (χ4v) is 6.49. The number of methoxy groups -OCH3 is 2. The van der Waals surface area contributed by atoms with Gasteiger partial charge in [0.05, 0.1) is 88.8 Å². The van der Waals surface area contributed by atoms with Crippen molar-refractivity contribution in [2.24, 2.45) is 0 Å². The summed E-state index contributed by atoms with van der Waals surface area (Å²) in [5, 5.41) is 0. The van der Waals surface area contributed by atoms with E-state index in [0.717, 1.165) is 67.7 Å². The Labute approximate surface area is 338 Å². The van der Waals surface area contributed by atoms with Gasteiger partial charge in [0.1, 0.15) is 24.7 Å². The number of benzene rings is 2. The Kier molecular flexibility index (Phi) is 14.9. The highest BCUT2D eigenvalue weighted by Gasteiger charge is 2.11. The number of ether oxygens (including phenoxy) is 8. The third-order valence-corrected chi connectivity index (χ3v) is 9.18. The summed E-state index contributed by atoms with van der Waals surface area (Å²) in [5.41, 5.74) is 9.17. The van der Waals surface area contributed by atoms with Gasteiger partial charge in [-0.1, -0.05) is 12.1 Å². The van der Waals surface area contributed by atoms with E-state index in [9.17, 15) is 0 Å². The molecule has 12 nitrogen and oxygen atoms in total. The summed E-state index contributed by atoms with van der Waals surface area (Å²) < 4.78 is 48.8.